The Morgan fingerprint density at radius 3 is 2.65 bits per heavy atom. The van der Waals surface area contributed by atoms with E-state index in [0.29, 0.717) is 13.0 Å². The Hall–Kier alpha value is -1.65. The van der Waals surface area contributed by atoms with E-state index in [1.807, 2.05) is 25.1 Å². The maximum atomic E-state index is 11.1. The molecular formula is C16H19NO2S. The average Bonchev–Trinajstić information content (AvgIpc) is 2.93. The van der Waals surface area contributed by atoms with Crippen molar-refractivity contribution in [1.82, 2.24) is 5.32 Å². The van der Waals surface area contributed by atoms with Crippen LogP contribution in [0.5, 0.6) is 0 Å². The van der Waals surface area contributed by atoms with Gasteiger partial charge in [0.25, 0.3) is 0 Å². The van der Waals surface area contributed by atoms with Gasteiger partial charge in [0.15, 0.2) is 0 Å². The summed E-state index contributed by atoms with van der Waals surface area (Å²) in [6, 6.07) is 13.9. The highest BCUT2D eigenvalue weighted by Crippen LogP contribution is 2.27. The molecule has 4 heteroatoms. The molecule has 2 aromatic rings. The second-order valence-electron chi connectivity index (χ2n) is 4.69. The largest absolute Gasteiger partial charge is 0.480 e. The first-order valence-corrected chi connectivity index (χ1v) is 7.62. The second kappa shape index (κ2) is 7.22. The smallest absolute Gasteiger partial charge is 0.320 e. The van der Waals surface area contributed by atoms with E-state index in [9.17, 15) is 4.79 Å². The van der Waals surface area contributed by atoms with Gasteiger partial charge in [-0.3, -0.25) is 10.1 Å². The van der Waals surface area contributed by atoms with Gasteiger partial charge in [-0.15, -0.1) is 11.3 Å². The number of carboxylic acid groups (broad SMARTS) is 1. The summed E-state index contributed by atoms with van der Waals surface area (Å²) in [6.07, 6.45) is 1.52. The van der Waals surface area contributed by atoms with Gasteiger partial charge in [-0.25, -0.2) is 0 Å². The van der Waals surface area contributed by atoms with Crippen LogP contribution in [-0.2, 0) is 11.3 Å². The van der Waals surface area contributed by atoms with Crippen LogP contribution >= 0.6 is 11.3 Å². The molecule has 0 bridgehead atoms. The van der Waals surface area contributed by atoms with Crippen molar-refractivity contribution in [3.05, 3.63) is 47.3 Å². The monoisotopic (exact) mass is 289 g/mol. The van der Waals surface area contributed by atoms with Crippen molar-refractivity contribution in [3.63, 3.8) is 0 Å². The van der Waals surface area contributed by atoms with E-state index < -0.39 is 12.0 Å². The van der Waals surface area contributed by atoms with Crippen LogP contribution in [0.2, 0.25) is 0 Å². The van der Waals surface area contributed by atoms with Gasteiger partial charge in [-0.1, -0.05) is 43.7 Å². The summed E-state index contributed by atoms with van der Waals surface area (Å²) < 4.78 is 0. The highest BCUT2D eigenvalue weighted by Gasteiger charge is 2.15. The molecule has 1 aromatic carbocycles. The standard InChI is InChI=1S/C16H19NO2S/c1-2-6-14(16(18)19)17-11-13-9-10-15(20-13)12-7-4-3-5-8-12/h3-5,7-10,14,17H,2,6,11H2,1H3,(H,18,19). The maximum absolute atomic E-state index is 11.1. The lowest BCUT2D eigenvalue weighted by molar-refractivity contribution is -0.139. The van der Waals surface area contributed by atoms with Gasteiger partial charge in [-0.05, 0) is 24.1 Å². The lowest BCUT2D eigenvalue weighted by Crippen LogP contribution is -2.35. The molecule has 0 aliphatic rings. The van der Waals surface area contributed by atoms with Gasteiger partial charge in [0.05, 0.1) is 0 Å². The van der Waals surface area contributed by atoms with Crippen molar-refractivity contribution < 1.29 is 9.90 Å². The third-order valence-corrected chi connectivity index (χ3v) is 4.25. The van der Waals surface area contributed by atoms with Crippen molar-refractivity contribution in [3.8, 4) is 10.4 Å². The van der Waals surface area contributed by atoms with Crippen LogP contribution in [0, 0.1) is 0 Å². The van der Waals surface area contributed by atoms with Crippen molar-refractivity contribution in [2.24, 2.45) is 0 Å². The molecule has 2 N–H and O–H groups in total. The number of hydrogen-bond donors (Lipinski definition) is 2. The number of rotatable bonds is 7. The first-order chi connectivity index (χ1) is 9.70. The van der Waals surface area contributed by atoms with Gasteiger partial charge in [0.2, 0.25) is 0 Å². The van der Waals surface area contributed by atoms with E-state index in [-0.39, 0.29) is 0 Å². The third-order valence-electron chi connectivity index (χ3n) is 3.12. The van der Waals surface area contributed by atoms with Gasteiger partial charge >= 0.3 is 5.97 Å². The second-order valence-corrected chi connectivity index (χ2v) is 5.86. The molecule has 0 saturated heterocycles. The van der Waals surface area contributed by atoms with Gasteiger partial charge in [0, 0.05) is 16.3 Å². The van der Waals surface area contributed by atoms with Crippen molar-refractivity contribution in [1.29, 1.82) is 0 Å². The number of nitrogens with one attached hydrogen (secondary N) is 1. The Balaban J connectivity index is 1.98. The summed E-state index contributed by atoms with van der Waals surface area (Å²) in [5, 5.41) is 12.2. The zero-order valence-corrected chi connectivity index (χ0v) is 12.3. The molecule has 2 rings (SSSR count). The van der Waals surface area contributed by atoms with Crippen LogP contribution < -0.4 is 5.32 Å². The molecule has 106 valence electrons. The van der Waals surface area contributed by atoms with E-state index in [1.54, 1.807) is 11.3 Å². The van der Waals surface area contributed by atoms with E-state index in [4.69, 9.17) is 5.11 Å². The molecule has 0 radical (unpaired) electrons. The van der Waals surface area contributed by atoms with Gasteiger partial charge in [-0.2, -0.15) is 0 Å². The Kier molecular flexibility index (Phi) is 5.32. The Morgan fingerprint density at radius 2 is 2.00 bits per heavy atom. The molecule has 0 saturated carbocycles. The lowest BCUT2D eigenvalue weighted by Gasteiger charge is -2.12. The molecule has 1 aromatic heterocycles. The van der Waals surface area contributed by atoms with Gasteiger partial charge < -0.3 is 5.11 Å². The van der Waals surface area contributed by atoms with Crippen LogP contribution in [0.3, 0.4) is 0 Å². The topological polar surface area (TPSA) is 49.3 Å². The molecule has 1 heterocycles. The van der Waals surface area contributed by atoms with Crippen LogP contribution in [0.15, 0.2) is 42.5 Å². The molecule has 0 aliphatic carbocycles. The molecule has 1 atom stereocenters. The molecule has 0 amide bonds. The SMILES string of the molecule is CCCC(NCc1ccc(-c2ccccc2)s1)C(=O)O. The minimum Gasteiger partial charge on any atom is -0.480 e. The normalized spacial score (nSPS) is 12.2. The summed E-state index contributed by atoms with van der Waals surface area (Å²) in [6.45, 7) is 2.60. The lowest BCUT2D eigenvalue weighted by atomic mass is 10.1. The molecule has 1 unspecified atom stereocenters. The van der Waals surface area contributed by atoms with Crippen LogP contribution in [0.25, 0.3) is 10.4 Å². The number of benzene rings is 1. The summed E-state index contributed by atoms with van der Waals surface area (Å²) >= 11 is 1.70. The first kappa shape index (κ1) is 14.8. The minimum atomic E-state index is -0.772. The van der Waals surface area contributed by atoms with Crippen LogP contribution in [0.1, 0.15) is 24.6 Å². The maximum Gasteiger partial charge on any atom is 0.320 e. The fourth-order valence-corrected chi connectivity index (χ4v) is 3.02. The predicted octanol–water partition coefficient (Wildman–Crippen LogP) is 3.76. The summed E-state index contributed by atoms with van der Waals surface area (Å²) in [5.74, 6) is -0.772. The Morgan fingerprint density at radius 1 is 1.25 bits per heavy atom. The molecular weight excluding hydrogens is 270 g/mol. The number of aliphatic carboxylic acids is 1. The summed E-state index contributed by atoms with van der Waals surface area (Å²) in [5.41, 5.74) is 1.20. The van der Waals surface area contributed by atoms with Gasteiger partial charge in [0.1, 0.15) is 6.04 Å². The third kappa shape index (κ3) is 3.92. The van der Waals surface area contributed by atoms with Crippen LogP contribution in [0.4, 0.5) is 0 Å². The molecule has 0 aliphatic heterocycles. The molecule has 3 nitrogen and oxygen atoms in total. The van der Waals surface area contributed by atoms with E-state index in [1.165, 1.54) is 10.4 Å². The zero-order valence-electron chi connectivity index (χ0n) is 11.5. The zero-order chi connectivity index (χ0) is 14.4. The van der Waals surface area contributed by atoms with Crippen molar-refractivity contribution >= 4 is 17.3 Å². The van der Waals surface area contributed by atoms with E-state index in [0.717, 1.165) is 11.3 Å². The van der Waals surface area contributed by atoms with E-state index in [2.05, 4.69) is 29.6 Å². The predicted molar refractivity (Wildman–Crippen MR) is 82.9 cm³/mol. The highest BCUT2D eigenvalue weighted by atomic mass is 32.1. The Labute approximate surface area is 123 Å². The summed E-state index contributed by atoms with van der Waals surface area (Å²) in [7, 11) is 0. The summed E-state index contributed by atoms with van der Waals surface area (Å²) in [4.78, 5) is 13.4. The van der Waals surface area contributed by atoms with Crippen LogP contribution in [-0.4, -0.2) is 17.1 Å². The first-order valence-electron chi connectivity index (χ1n) is 6.81. The number of thiophene rings is 1. The van der Waals surface area contributed by atoms with Crippen molar-refractivity contribution in [2.45, 2.75) is 32.4 Å². The minimum absolute atomic E-state index is 0.456. The number of carboxylic acids is 1. The molecule has 0 fully saturated rings. The number of carbonyl (C=O) groups is 1. The number of hydrogen-bond acceptors (Lipinski definition) is 3. The quantitative estimate of drug-likeness (QED) is 0.816. The average molecular weight is 289 g/mol. The highest BCUT2D eigenvalue weighted by molar-refractivity contribution is 7.15. The Bertz CT molecular complexity index is 551. The molecule has 20 heavy (non-hydrogen) atoms. The molecule has 0 spiro atoms. The van der Waals surface area contributed by atoms with Crippen molar-refractivity contribution in [2.75, 3.05) is 0 Å². The van der Waals surface area contributed by atoms with E-state index >= 15 is 0 Å². The fourth-order valence-electron chi connectivity index (χ4n) is 2.06. The fraction of sp³-hybridized carbons (Fsp3) is 0.312.